The molecule has 0 saturated carbocycles. The van der Waals surface area contributed by atoms with Crippen molar-refractivity contribution in [1.82, 2.24) is 0 Å². The lowest BCUT2D eigenvalue weighted by molar-refractivity contribution is -0.165. The Balaban J connectivity index is 2.80. The topological polar surface area (TPSA) is 61.8 Å². The maximum absolute atomic E-state index is 12.2. The average molecular weight is 284 g/mol. The van der Waals surface area contributed by atoms with Crippen LogP contribution < -0.4 is 0 Å². The average Bonchev–Trinajstić information content (AvgIpc) is 2.67. The van der Waals surface area contributed by atoms with Crippen LogP contribution >= 0.6 is 0 Å². The summed E-state index contributed by atoms with van der Waals surface area (Å²) in [5.74, 6) is -1.05. The first-order valence-electron chi connectivity index (χ1n) is 7.06. The molecule has 0 bridgehead atoms. The van der Waals surface area contributed by atoms with Crippen LogP contribution in [0.15, 0.2) is 12.2 Å². The number of ether oxygens (including phenoxy) is 3. The molecule has 2 atom stereocenters. The van der Waals surface area contributed by atoms with Crippen molar-refractivity contribution in [3.05, 3.63) is 12.2 Å². The molecule has 0 aromatic rings. The van der Waals surface area contributed by atoms with Gasteiger partial charge in [-0.15, -0.1) is 6.58 Å². The molecule has 1 rings (SSSR count). The van der Waals surface area contributed by atoms with E-state index in [9.17, 15) is 9.59 Å². The van der Waals surface area contributed by atoms with E-state index in [0.717, 1.165) is 12.0 Å². The molecule has 20 heavy (non-hydrogen) atoms. The zero-order chi connectivity index (χ0) is 15.2. The number of allylic oxidation sites excluding steroid dienone is 1. The molecule has 1 saturated heterocycles. The second-order valence-corrected chi connectivity index (χ2v) is 5.24. The first-order valence-corrected chi connectivity index (χ1v) is 7.06. The SMILES string of the molecule is C=C(C)CC1(C(=O)OCC)CC(COCCC)OC1=O. The van der Waals surface area contributed by atoms with E-state index in [4.69, 9.17) is 14.2 Å². The number of hydrogen-bond acceptors (Lipinski definition) is 5. The maximum atomic E-state index is 12.2. The molecule has 0 amide bonds. The summed E-state index contributed by atoms with van der Waals surface area (Å²) >= 11 is 0. The van der Waals surface area contributed by atoms with Gasteiger partial charge in [0.05, 0.1) is 13.2 Å². The first-order chi connectivity index (χ1) is 9.46. The molecule has 114 valence electrons. The third-order valence-corrected chi connectivity index (χ3v) is 3.16. The lowest BCUT2D eigenvalue weighted by Crippen LogP contribution is -2.37. The van der Waals surface area contributed by atoms with Crippen LogP contribution in [0.2, 0.25) is 0 Å². The third-order valence-electron chi connectivity index (χ3n) is 3.16. The fourth-order valence-corrected chi connectivity index (χ4v) is 2.40. The molecular formula is C15H24O5. The highest BCUT2D eigenvalue weighted by Gasteiger charge is 2.55. The minimum atomic E-state index is -1.25. The van der Waals surface area contributed by atoms with E-state index >= 15 is 0 Å². The molecule has 0 aromatic heterocycles. The van der Waals surface area contributed by atoms with Gasteiger partial charge in [-0.1, -0.05) is 12.5 Å². The standard InChI is InChI=1S/C15H24O5/c1-5-7-18-10-12-9-15(8-11(3)4,14(17)20-12)13(16)19-6-2/h12H,3,5-10H2,1-2,4H3. The van der Waals surface area contributed by atoms with Gasteiger partial charge in [0.25, 0.3) is 0 Å². The molecular weight excluding hydrogens is 260 g/mol. The Labute approximate surface area is 120 Å². The molecule has 2 unspecified atom stereocenters. The first kappa shape index (κ1) is 16.7. The smallest absolute Gasteiger partial charge is 0.324 e. The van der Waals surface area contributed by atoms with Crippen molar-refractivity contribution in [2.75, 3.05) is 19.8 Å². The predicted molar refractivity (Wildman–Crippen MR) is 74.1 cm³/mol. The number of cyclic esters (lactones) is 1. The molecule has 5 heteroatoms. The van der Waals surface area contributed by atoms with Gasteiger partial charge in [-0.05, 0) is 26.7 Å². The second-order valence-electron chi connectivity index (χ2n) is 5.24. The van der Waals surface area contributed by atoms with Crippen LogP contribution in [0, 0.1) is 5.41 Å². The fourth-order valence-electron chi connectivity index (χ4n) is 2.40. The zero-order valence-corrected chi connectivity index (χ0v) is 12.6. The van der Waals surface area contributed by atoms with Crippen LogP contribution in [0.25, 0.3) is 0 Å². The van der Waals surface area contributed by atoms with Gasteiger partial charge in [0, 0.05) is 13.0 Å². The van der Waals surface area contributed by atoms with Crippen molar-refractivity contribution in [2.24, 2.45) is 5.41 Å². The number of rotatable bonds is 8. The molecule has 0 spiro atoms. The molecule has 1 aliphatic heterocycles. The molecule has 5 nitrogen and oxygen atoms in total. The van der Waals surface area contributed by atoms with E-state index in [-0.39, 0.29) is 13.0 Å². The predicted octanol–water partition coefficient (Wildman–Crippen LogP) is 2.24. The molecule has 1 heterocycles. The Morgan fingerprint density at radius 2 is 2.20 bits per heavy atom. The summed E-state index contributed by atoms with van der Waals surface area (Å²) in [5, 5.41) is 0. The Morgan fingerprint density at radius 1 is 1.50 bits per heavy atom. The summed E-state index contributed by atoms with van der Waals surface area (Å²) in [6.07, 6.45) is 1.06. The highest BCUT2D eigenvalue weighted by atomic mass is 16.6. The molecule has 0 aromatic carbocycles. The number of carbonyl (C=O) groups excluding carboxylic acids is 2. The highest BCUT2D eigenvalue weighted by molar-refractivity contribution is 6.01. The van der Waals surface area contributed by atoms with E-state index in [1.807, 2.05) is 6.92 Å². The molecule has 1 fully saturated rings. The summed E-state index contributed by atoms with van der Waals surface area (Å²) in [7, 11) is 0. The number of esters is 2. The van der Waals surface area contributed by atoms with Crippen molar-refractivity contribution in [2.45, 2.75) is 46.1 Å². The van der Waals surface area contributed by atoms with Crippen molar-refractivity contribution >= 4 is 11.9 Å². The van der Waals surface area contributed by atoms with Crippen LogP contribution in [0.5, 0.6) is 0 Å². The summed E-state index contributed by atoms with van der Waals surface area (Å²) in [4.78, 5) is 24.4. The van der Waals surface area contributed by atoms with Crippen LogP contribution in [-0.2, 0) is 23.8 Å². The van der Waals surface area contributed by atoms with E-state index in [1.54, 1.807) is 13.8 Å². The van der Waals surface area contributed by atoms with Crippen molar-refractivity contribution < 1.29 is 23.8 Å². The summed E-state index contributed by atoms with van der Waals surface area (Å²) < 4.78 is 15.7. The van der Waals surface area contributed by atoms with Crippen molar-refractivity contribution in [1.29, 1.82) is 0 Å². The van der Waals surface area contributed by atoms with Gasteiger partial charge < -0.3 is 14.2 Å². The van der Waals surface area contributed by atoms with E-state index < -0.39 is 23.5 Å². The quantitative estimate of drug-likeness (QED) is 0.296. The number of hydrogen-bond donors (Lipinski definition) is 0. The van der Waals surface area contributed by atoms with E-state index in [2.05, 4.69) is 6.58 Å². The highest BCUT2D eigenvalue weighted by Crippen LogP contribution is 2.40. The lowest BCUT2D eigenvalue weighted by Gasteiger charge is -2.22. The van der Waals surface area contributed by atoms with Gasteiger partial charge in [-0.25, -0.2) is 0 Å². The second kappa shape index (κ2) is 7.43. The van der Waals surface area contributed by atoms with Crippen molar-refractivity contribution in [3.63, 3.8) is 0 Å². The molecule has 0 N–H and O–H groups in total. The zero-order valence-electron chi connectivity index (χ0n) is 12.6. The maximum Gasteiger partial charge on any atom is 0.324 e. The van der Waals surface area contributed by atoms with E-state index in [0.29, 0.717) is 19.6 Å². The monoisotopic (exact) mass is 284 g/mol. The molecule has 0 radical (unpaired) electrons. The van der Waals surface area contributed by atoms with Gasteiger partial charge in [0.1, 0.15) is 6.10 Å². The van der Waals surface area contributed by atoms with Gasteiger partial charge >= 0.3 is 11.9 Å². The van der Waals surface area contributed by atoms with Crippen LogP contribution in [-0.4, -0.2) is 37.9 Å². The Morgan fingerprint density at radius 3 is 2.75 bits per heavy atom. The third kappa shape index (κ3) is 3.82. The minimum Gasteiger partial charge on any atom is -0.465 e. The van der Waals surface area contributed by atoms with Crippen LogP contribution in [0.1, 0.15) is 40.0 Å². The Bertz CT molecular complexity index is 376. The molecule has 0 aliphatic carbocycles. The van der Waals surface area contributed by atoms with Gasteiger partial charge in [-0.3, -0.25) is 9.59 Å². The van der Waals surface area contributed by atoms with Gasteiger partial charge in [0.15, 0.2) is 5.41 Å². The van der Waals surface area contributed by atoms with Gasteiger partial charge in [-0.2, -0.15) is 0 Å². The van der Waals surface area contributed by atoms with Gasteiger partial charge in [0.2, 0.25) is 0 Å². The number of carbonyl (C=O) groups is 2. The lowest BCUT2D eigenvalue weighted by atomic mass is 9.79. The van der Waals surface area contributed by atoms with E-state index in [1.165, 1.54) is 0 Å². The largest absolute Gasteiger partial charge is 0.465 e. The normalized spacial score (nSPS) is 25.4. The molecule has 1 aliphatic rings. The summed E-state index contributed by atoms with van der Waals surface area (Å²) in [5.41, 5.74) is -0.493. The Hall–Kier alpha value is -1.36. The summed E-state index contributed by atoms with van der Waals surface area (Å²) in [6.45, 7) is 10.5. The summed E-state index contributed by atoms with van der Waals surface area (Å²) in [6, 6.07) is 0. The Kier molecular flexibility index (Phi) is 6.20. The van der Waals surface area contributed by atoms with Crippen molar-refractivity contribution in [3.8, 4) is 0 Å². The van der Waals surface area contributed by atoms with Crippen LogP contribution in [0.3, 0.4) is 0 Å². The van der Waals surface area contributed by atoms with Crippen LogP contribution in [0.4, 0.5) is 0 Å². The fraction of sp³-hybridized carbons (Fsp3) is 0.733. The minimum absolute atomic E-state index is 0.237.